The number of carbonyl (C=O) groups is 11. The number of rotatable bonds is 54. The van der Waals surface area contributed by atoms with Gasteiger partial charge in [0.15, 0.2) is 5.96 Å². The Kier molecular flexibility index (Phi) is 47.1. The van der Waals surface area contributed by atoms with E-state index < -0.39 is 125 Å². The minimum Gasteiger partial charge on any atom is -0.391 e. The molecule has 28 heteroatoms. The summed E-state index contributed by atoms with van der Waals surface area (Å²) in [4.78, 5) is 156. The molecule has 0 aliphatic heterocycles. The zero-order valence-corrected chi connectivity index (χ0v) is 59.7. The van der Waals surface area contributed by atoms with E-state index in [4.69, 9.17) is 28.7 Å². The summed E-state index contributed by atoms with van der Waals surface area (Å²) >= 11 is 0. The van der Waals surface area contributed by atoms with E-state index in [1.165, 1.54) is 45.4 Å². The quantitative estimate of drug-likeness (QED) is 0.0236. The number of carbonyl (C=O) groups excluding carboxylic acids is 11. The van der Waals surface area contributed by atoms with Crippen molar-refractivity contribution >= 4 is 70.9 Å². The van der Waals surface area contributed by atoms with Crippen LogP contribution in [0.1, 0.15) is 237 Å². The molecule has 0 spiro atoms. The van der Waals surface area contributed by atoms with Crippen LogP contribution in [0.4, 0.5) is 0 Å². The molecule has 0 aliphatic rings. The first-order chi connectivity index (χ1) is 44.8. The number of amides is 11. The third-order valence-corrected chi connectivity index (χ3v) is 16.2. The molecule has 11 amide bonds. The molecule has 548 valence electrons. The van der Waals surface area contributed by atoms with Gasteiger partial charge in [-0.2, -0.15) is 0 Å². The lowest BCUT2D eigenvalue weighted by atomic mass is 9.96. The van der Waals surface area contributed by atoms with Crippen LogP contribution in [0.3, 0.4) is 0 Å². The number of nitrogens with zero attached hydrogens (tertiary/aromatic N) is 1. The monoisotopic (exact) mass is 1350 g/mol. The second-order valence-electron chi connectivity index (χ2n) is 27.2. The topological polar surface area (TPSA) is 471 Å². The molecule has 0 saturated heterocycles. The highest BCUT2D eigenvalue weighted by Crippen LogP contribution is 2.17. The number of hydrogen-bond donors (Lipinski definition) is 16. The third kappa shape index (κ3) is 40.5. The molecule has 0 aromatic rings. The van der Waals surface area contributed by atoms with Gasteiger partial charge >= 0.3 is 0 Å². The number of unbranched alkanes of at least 4 members (excludes halogenated alkanes) is 11. The molecule has 21 N–H and O–H groups in total. The van der Waals surface area contributed by atoms with E-state index in [-0.39, 0.29) is 113 Å². The van der Waals surface area contributed by atoms with Gasteiger partial charge in [0.1, 0.15) is 54.4 Å². The summed E-state index contributed by atoms with van der Waals surface area (Å²) in [6.45, 7) is 21.9. The number of aliphatic imine (C=N–C) groups is 1. The van der Waals surface area contributed by atoms with Gasteiger partial charge < -0.3 is 86.9 Å². The fourth-order valence-corrected chi connectivity index (χ4v) is 10.7. The summed E-state index contributed by atoms with van der Waals surface area (Å²) in [7, 11) is 0. The maximum absolute atomic E-state index is 14.8. The third-order valence-electron chi connectivity index (χ3n) is 16.2. The van der Waals surface area contributed by atoms with Crippen molar-refractivity contribution in [2.45, 2.75) is 298 Å². The van der Waals surface area contributed by atoms with Gasteiger partial charge in [0.25, 0.3) is 0 Å². The second-order valence-corrected chi connectivity index (χ2v) is 27.2. The maximum atomic E-state index is 14.8. The molecule has 0 aliphatic carbocycles. The summed E-state index contributed by atoms with van der Waals surface area (Å²) in [5.41, 5.74) is 28.3. The summed E-state index contributed by atoms with van der Waals surface area (Å²) in [6.07, 6.45) is 12.8. The predicted molar refractivity (Wildman–Crippen MR) is 371 cm³/mol. The molecule has 0 unspecified atom stereocenters. The molecule has 0 saturated carbocycles. The van der Waals surface area contributed by atoms with Gasteiger partial charge in [-0.25, -0.2) is 0 Å². The van der Waals surface area contributed by atoms with Crippen LogP contribution in [0, 0.1) is 29.6 Å². The average Bonchev–Trinajstić information content (AvgIpc) is 0.890. The SMILES string of the molecule is CCCCCCCCCCCCC(=O)NCCCC[C@@H](NC(=O)[C@H](CC(C)C)NC(=O)[C@H](CC(C)C)NC(=O)CN)C(=O)N[C@@H](CCCN=C(N)N)C(=O)N[C@H](C(=O)N[C@H](CCCCN)C(=O)N[C@H](C(=O)N[C@@H](CC(C)C)C(=O)N[C@@H](CC(C)C)C(N)=O)[C@@H](C)O)[C@@H](C)CC. The van der Waals surface area contributed by atoms with Crippen molar-refractivity contribution in [3.05, 3.63) is 0 Å². The largest absolute Gasteiger partial charge is 0.391 e. The molecule has 0 rings (SSSR count). The van der Waals surface area contributed by atoms with Gasteiger partial charge in [0.2, 0.25) is 65.0 Å². The summed E-state index contributed by atoms with van der Waals surface area (Å²) in [5.74, 6) is -8.84. The lowest BCUT2D eigenvalue weighted by molar-refractivity contribution is -0.137. The van der Waals surface area contributed by atoms with E-state index in [9.17, 15) is 57.8 Å². The average molecular weight is 1350 g/mol. The molecular formula is C67H128N16O12. The predicted octanol–water partition coefficient (Wildman–Crippen LogP) is 2.18. The van der Waals surface area contributed by atoms with Crippen molar-refractivity contribution in [3.63, 3.8) is 0 Å². The highest BCUT2D eigenvalue weighted by Gasteiger charge is 2.38. The van der Waals surface area contributed by atoms with Gasteiger partial charge in [-0.15, -0.1) is 0 Å². The Morgan fingerprint density at radius 1 is 0.389 bits per heavy atom. The molecule has 11 atom stereocenters. The Hall–Kier alpha value is -6.68. The molecular weight excluding hydrogens is 1220 g/mol. The first-order valence-corrected chi connectivity index (χ1v) is 35.2. The Morgan fingerprint density at radius 3 is 1.19 bits per heavy atom. The molecule has 0 radical (unpaired) electrons. The standard InChI is InChI=1S/C67H128N16O12/c1-13-15-16-17-18-19-20-21-22-23-32-54(85)73-34-27-25-30-47(77-63(92)52(38-43(7)8)80-62(91)51(37-42(5)6)75-55(86)40-69)59(88)76-49(31-28-35-74-67(71)72)60(89)82-56(45(11)14-2)65(94)78-48(29-24-26-33-68)61(90)83-57(46(12)84)66(95)81-53(39-44(9)10)64(93)79-50(58(70)87)36-41(3)4/h41-53,56-57,84H,13-40,68-69H2,1-12H3,(H2,70,87)(H,73,85)(H,75,86)(H,76,88)(H,77,92)(H,78,94)(H,79,93)(H,80,91)(H,81,95)(H,82,89)(H,83,90)(H4,71,72,74)/t45-,46+,47+,48+,49-,50-,51-,52-,53-,56-,57-/m0/s1. The first-order valence-electron chi connectivity index (χ1n) is 35.2. The number of aliphatic hydroxyl groups is 1. The van der Waals surface area contributed by atoms with Crippen LogP contribution in [0.2, 0.25) is 0 Å². The van der Waals surface area contributed by atoms with Crippen molar-refractivity contribution in [2.24, 2.45) is 63.3 Å². The van der Waals surface area contributed by atoms with E-state index in [1.807, 2.05) is 55.4 Å². The minimum atomic E-state index is -1.65. The van der Waals surface area contributed by atoms with Crippen LogP contribution < -0.4 is 81.8 Å². The fourth-order valence-electron chi connectivity index (χ4n) is 10.7. The molecule has 0 aromatic carbocycles. The smallest absolute Gasteiger partial charge is 0.245 e. The Bertz CT molecular complexity index is 2340. The van der Waals surface area contributed by atoms with Gasteiger partial charge in [0.05, 0.1) is 12.6 Å². The van der Waals surface area contributed by atoms with Crippen molar-refractivity contribution in [1.29, 1.82) is 0 Å². The van der Waals surface area contributed by atoms with Gasteiger partial charge in [0, 0.05) is 19.5 Å². The summed E-state index contributed by atoms with van der Waals surface area (Å²) in [6, 6.07) is -11.5. The minimum absolute atomic E-state index is 0.000265. The molecule has 0 aromatic heterocycles. The maximum Gasteiger partial charge on any atom is 0.245 e. The van der Waals surface area contributed by atoms with E-state index in [0.717, 1.165) is 25.7 Å². The number of guanidine groups is 1. The number of hydrogen-bond acceptors (Lipinski definition) is 15. The van der Waals surface area contributed by atoms with Gasteiger partial charge in [-0.05, 0) is 127 Å². The number of primary amides is 1. The van der Waals surface area contributed by atoms with Crippen molar-refractivity contribution in [2.75, 3.05) is 26.2 Å². The lowest BCUT2D eigenvalue weighted by Crippen LogP contribution is -2.62. The summed E-state index contributed by atoms with van der Waals surface area (Å²) < 4.78 is 0. The highest BCUT2D eigenvalue weighted by molar-refractivity contribution is 5.98. The second kappa shape index (κ2) is 50.7. The Morgan fingerprint density at radius 2 is 0.758 bits per heavy atom. The molecule has 0 heterocycles. The molecule has 28 nitrogen and oxygen atoms in total. The van der Waals surface area contributed by atoms with Crippen LogP contribution in [0.15, 0.2) is 4.99 Å². The van der Waals surface area contributed by atoms with Crippen LogP contribution >= 0.6 is 0 Å². The van der Waals surface area contributed by atoms with Crippen molar-refractivity contribution < 1.29 is 57.8 Å². The van der Waals surface area contributed by atoms with Crippen LogP contribution in [-0.2, 0) is 52.7 Å². The fraction of sp³-hybridized carbons (Fsp3) is 0.821. The van der Waals surface area contributed by atoms with Crippen LogP contribution in [-0.4, -0.2) is 163 Å². The van der Waals surface area contributed by atoms with E-state index >= 15 is 0 Å². The van der Waals surface area contributed by atoms with Crippen LogP contribution in [0.5, 0.6) is 0 Å². The van der Waals surface area contributed by atoms with Crippen LogP contribution in [0.25, 0.3) is 0 Å². The van der Waals surface area contributed by atoms with Crippen molar-refractivity contribution in [3.8, 4) is 0 Å². The Balaban J connectivity index is 7.15. The van der Waals surface area contributed by atoms with E-state index in [0.29, 0.717) is 38.5 Å². The lowest BCUT2D eigenvalue weighted by Gasteiger charge is -2.30. The molecule has 95 heavy (non-hydrogen) atoms. The molecule has 0 bridgehead atoms. The number of nitrogens with two attached hydrogens (primary N) is 5. The van der Waals surface area contributed by atoms with E-state index in [2.05, 4.69) is 65.1 Å². The van der Waals surface area contributed by atoms with Crippen molar-refractivity contribution in [1.82, 2.24) is 53.2 Å². The first kappa shape index (κ1) is 88.3. The summed E-state index contributed by atoms with van der Waals surface area (Å²) in [5, 5.41) is 38.2. The number of nitrogens with one attached hydrogen (secondary N) is 10. The molecule has 0 fully saturated rings. The zero-order chi connectivity index (χ0) is 72.2. The zero-order valence-electron chi connectivity index (χ0n) is 59.7. The highest BCUT2D eigenvalue weighted by atomic mass is 16.3. The number of aliphatic hydroxyl groups excluding tert-OH is 1. The normalized spacial score (nSPS) is 14.9. The Labute approximate surface area is 566 Å². The van der Waals surface area contributed by atoms with Gasteiger partial charge in [-0.1, -0.05) is 140 Å². The van der Waals surface area contributed by atoms with E-state index in [1.54, 1.807) is 13.8 Å². The van der Waals surface area contributed by atoms with Gasteiger partial charge in [-0.3, -0.25) is 57.7 Å².